The summed E-state index contributed by atoms with van der Waals surface area (Å²) in [5.74, 6) is 0.0274. The van der Waals surface area contributed by atoms with Gasteiger partial charge in [-0.15, -0.1) is 5.10 Å². The Balaban J connectivity index is 1.49. The van der Waals surface area contributed by atoms with Crippen molar-refractivity contribution in [1.29, 1.82) is 0 Å². The summed E-state index contributed by atoms with van der Waals surface area (Å²) in [4.78, 5) is 22.3. The predicted molar refractivity (Wildman–Crippen MR) is 91.0 cm³/mol. The summed E-state index contributed by atoms with van der Waals surface area (Å²) in [6.07, 6.45) is 4.49. The summed E-state index contributed by atoms with van der Waals surface area (Å²) >= 11 is 1.30. The Morgan fingerprint density at radius 3 is 2.96 bits per heavy atom. The number of hydrogen-bond acceptors (Lipinski definition) is 7. The van der Waals surface area contributed by atoms with Gasteiger partial charge in [0.15, 0.2) is 0 Å². The van der Waals surface area contributed by atoms with Crippen molar-refractivity contribution in [2.45, 2.75) is 43.4 Å². The number of amides is 1. The van der Waals surface area contributed by atoms with Gasteiger partial charge in [0.05, 0.1) is 16.7 Å². The number of non-ortho nitro benzene ring substituents is 1. The molecule has 0 unspecified atom stereocenters. The molecular formula is C15H18N6O3S. The monoisotopic (exact) mass is 362 g/mol. The van der Waals surface area contributed by atoms with Gasteiger partial charge < -0.3 is 5.32 Å². The second-order valence-corrected chi connectivity index (χ2v) is 6.78. The maximum atomic E-state index is 12.0. The number of aromatic nitrogens is 4. The topological polar surface area (TPSA) is 116 Å². The van der Waals surface area contributed by atoms with E-state index < -0.39 is 4.92 Å². The van der Waals surface area contributed by atoms with Gasteiger partial charge >= 0.3 is 0 Å². The number of rotatable bonds is 7. The highest BCUT2D eigenvalue weighted by Gasteiger charge is 2.22. The SMILES string of the molecule is O=C(CSc1nnnn1C1CCCC1)NCc1cccc([N+](=O)[O-])c1. The third-order valence-electron chi connectivity index (χ3n) is 4.08. The lowest BCUT2D eigenvalue weighted by atomic mass is 10.2. The van der Waals surface area contributed by atoms with Crippen LogP contribution in [0.15, 0.2) is 29.4 Å². The molecule has 0 saturated heterocycles. The summed E-state index contributed by atoms with van der Waals surface area (Å²) in [5.41, 5.74) is 0.695. The highest BCUT2D eigenvalue weighted by atomic mass is 32.2. The van der Waals surface area contributed by atoms with Crippen LogP contribution in [-0.4, -0.2) is 36.8 Å². The van der Waals surface area contributed by atoms with Gasteiger partial charge in [-0.3, -0.25) is 14.9 Å². The fourth-order valence-electron chi connectivity index (χ4n) is 2.82. The summed E-state index contributed by atoms with van der Waals surface area (Å²) < 4.78 is 1.81. The average molecular weight is 362 g/mol. The summed E-state index contributed by atoms with van der Waals surface area (Å²) in [7, 11) is 0. The van der Waals surface area contributed by atoms with E-state index in [0.29, 0.717) is 16.8 Å². The summed E-state index contributed by atoms with van der Waals surface area (Å²) in [5, 5.41) is 25.9. The van der Waals surface area contributed by atoms with Crippen molar-refractivity contribution < 1.29 is 9.72 Å². The first-order valence-electron chi connectivity index (χ1n) is 8.04. The van der Waals surface area contributed by atoms with Crippen molar-refractivity contribution in [2.24, 2.45) is 0 Å². The van der Waals surface area contributed by atoms with Crippen molar-refractivity contribution in [3.63, 3.8) is 0 Å². The molecule has 0 spiro atoms. The van der Waals surface area contributed by atoms with E-state index in [-0.39, 0.29) is 23.9 Å². The first-order chi connectivity index (χ1) is 12.1. The highest BCUT2D eigenvalue weighted by Crippen LogP contribution is 2.31. The minimum absolute atomic E-state index is 0.0110. The van der Waals surface area contributed by atoms with Gasteiger partial charge in [0.1, 0.15) is 0 Å². The number of benzene rings is 1. The van der Waals surface area contributed by atoms with E-state index in [0.717, 1.165) is 12.8 Å². The van der Waals surface area contributed by atoms with E-state index in [2.05, 4.69) is 20.8 Å². The number of nitro benzene ring substituents is 1. The van der Waals surface area contributed by atoms with E-state index in [1.54, 1.807) is 12.1 Å². The Bertz CT molecular complexity index is 759. The Morgan fingerprint density at radius 1 is 1.40 bits per heavy atom. The van der Waals surface area contributed by atoms with Gasteiger partial charge in [-0.25, -0.2) is 4.68 Å². The molecule has 1 saturated carbocycles. The third-order valence-corrected chi connectivity index (χ3v) is 5.01. The number of nitrogens with zero attached hydrogens (tertiary/aromatic N) is 5. The van der Waals surface area contributed by atoms with Gasteiger partial charge in [-0.2, -0.15) is 0 Å². The van der Waals surface area contributed by atoms with Gasteiger partial charge in [-0.05, 0) is 28.8 Å². The summed E-state index contributed by atoms with van der Waals surface area (Å²) in [6, 6.07) is 6.54. The Hall–Kier alpha value is -2.49. The van der Waals surface area contributed by atoms with E-state index in [9.17, 15) is 14.9 Å². The number of carbonyl (C=O) groups is 1. The molecule has 1 aliphatic rings. The lowest BCUT2D eigenvalue weighted by molar-refractivity contribution is -0.384. The molecule has 1 heterocycles. The van der Waals surface area contributed by atoms with E-state index in [1.807, 2.05) is 4.68 Å². The smallest absolute Gasteiger partial charge is 0.269 e. The second kappa shape index (κ2) is 8.06. The van der Waals surface area contributed by atoms with Crippen LogP contribution in [-0.2, 0) is 11.3 Å². The normalized spacial score (nSPS) is 14.6. The van der Waals surface area contributed by atoms with Crippen molar-refractivity contribution in [1.82, 2.24) is 25.5 Å². The molecule has 9 nitrogen and oxygen atoms in total. The van der Waals surface area contributed by atoms with Crippen LogP contribution in [0.3, 0.4) is 0 Å². The van der Waals surface area contributed by atoms with Crippen LogP contribution in [0.4, 0.5) is 5.69 Å². The summed E-state index contributed by atoms with van der Waals surface area (Å²) in [6.45, 7) is 0.245. The van der Waals surface area contributed by atoms with Crippen LogP contribution in [0.1, 0.15) is 37.3 Å². The fraction of sp³-hybridized carbons (Fsp3) is 0.467. The Kier molecular flexibility index (Phi) is 5.59. The maximum absolute atomic E-state index is 12.0. The van der Waals surface area contributed by atoms with Crippen LogP contribution in [0.5, 0.6) is 0 Å². The molecule has 2 aromatic rings. The molecule has 1 amide bonds. The molecule has 0 radical (unpaired) electrons. The van der Waals surface area contributed by atoms with Crippen molar-refractivity contribution >= 4 is 23.4 Å². The van der Waals surface area contributed by atoms with Crippen molar-refractivity contribution in [3.8, 4) is 0 Å². The van der Waals surface area contributed by atoms with E-state index >= 15 is 0 Å². The molecule has 0 bridgehead atoms. The number of hydrogen-bond donors (Lipinski definition) is 1. The third kappa shape index (κ3) is 4.53. The van der Waals surface area contributed by atoms with Crippen LogP contribution in [0.2, 0.25) is 0 Å². The molecule has 25 heavy (non-hydrogen) atoms. The van der Waals surface area contributed by atoms with Gasteiger partial charge in [0.25, 0.3) is 5.69 Å². The molecule has 132 valence electrons. The van der Waals surface area contributed by atoms with Gasteiger partial charge in [-0.1, -0.05) is 36.7 Å². The lowest BCUT2D eigenvalue weighted by Gasteiger charge is -2.10. The molecule has 1 aliphatic carbocycles. The number of carbonyl (C=O) groups excluding carboxylic acids is 1. The van der Waals surface area contributed by atoms with Gasteiger partial charge in [0.2, 0.25) is 11.1 Å². The number of nitro groups is 1. The van der Waals surface area contributed by atoms with Crippen LogP contribution in [0, 0.1) is 10.1 Å². The van der Waals surface area contributed by atoms with E-state index in [4.69, 9.17) is 0 Å². The lowest BCUT2D eigenvalue weighted by Crippen LogP contribution is -2.24. The predicted octanol–water partition coefficient (Wildman–Crippen LogP) is 2.10. The standard InChI is InChI=1S/C15H18N6O3S/c22-14(16-9-11-4-3-7-13(8-11)21(23)24)10-25-15-17-18-19-20(15)12-5-1-2-6-12/h3-4,7-8,12H,1-2,5-6,9-10H2,(H,16,22). The van der Waals surface area contributed by atoms with Crippen molar-refractivity contribution in [3.05, 3.63) is 39.9 Å². The fourth-order valence-corrected chi connectivity index (χ4v) is 3.59. The van der Waals surface area contributed by atoms with Gasteiger partial charge in [0, 0.05) is 18.7 Å². The zero-order chi connectivity index (χ0) is 17.6. The number of thioether (sulfide) groups is 1. The minimum Gasteiger partial charge on any atom is -0.351 e. The molecule has 0 atom stereocenters. The molecular weight excluding hydrogens is 344 g/mol. The molecule has 1 aromatic carbocycles. The molecule has 1 aromatic heterocycles. The van der Waals surface area contributed by atoms with Crippen LogP contribution >= 0.6 is 11.8 Å². The van der Waals surface area contributed by atoms with Crippen LogP contribution < -0.4 is 5.32 Å². The molecule has 3 rings (SSSR count). The molecule has 1 fully saturated rings. The quantitative estimate of drug-likeness (QED) is 0.455. The first kappa shape index (κ1) is 17.3. The Morgan fingerprint density at radius 2 is 2.20 bits per heavy atom. The molecule has 0 aliphatic heterocycles. The Labute approximate surface area is 148 Å². The van der Waals surface area contributed by atoms with E-state index in [1.165, 1.54) is 36.7 Å². The largest absolute Gasteiger partial charge is 0.351 e. The van der Waals surface area contributed by atoms with Crippen molar-refractivity contribution in [2.75, 3.05) is 5.75 Å². The first-order valence-corrected chi connectivity index (χ1v) is 9.03. The highest BCUT2D eigenvalue weighted by molar-refractivity contribution is 7.99. The minimum atomic E-state index is -0.454. The number of tetrazole rings is 1. The molecule has 1 N–H and O–H groups in total. The maximum Gasteiger partial charge on any atom is 0.269 e. The zero-order valence-electron chi connectivity index (χ0n) is 13.5. The number of nitrogens with one attached hydrogen (secondary N) is 1. The molecule has 10 heteroatoms. The zero-order valence-corrected chi connectivity index (χ0v) is 14.3. The second-order valence-electron chi connectivity index (χ2n) is 5.84. The average Bonchev–Trinajstić information content (AvgIpc) is 3.29. The van der Waals surface area contributed by atoms with Crippen LogP contribution in [0.25, 0.3) is 0 Å².